The highest BCUT2D eigenvalue weighted by atomic mass is 32.2. The first-order valence-electron chi connectivity index (χ1n) is 12.3. The van der Waals surface area contributed by atoms with E-state index in [0.29, 0.717) is 5.56 Å². The fraction of sp³-hybridized carbons (Fsp3) is 0.333. The van der Waals surface area contributed by atoms with Gasteiger partial charge in [0.25, 0.3) is 10.1 Å². The van der Waals surface area contributed by atoms with Gasteiger partial charge in [-0.25, -0.2) is 14.0 Å². The molecule has 0 bridgehead atoms. The SMILES string of the molecule is Cc1ccc(S(=O)(=O)OC(O)CCOc2cccc(/C=C/c3cnc(N4CCCCC4)s3)c2C(=O)O)cc1. The first-order chi connectivity index (χ1) is 18.2. The van der Waals surface area contributed by atoms with E-state index >= 15 is 0 Å². The monoisotopic (exact) mass is 558 g/mol. The molecule has 2 aromatic carbocycles. The van der Waals surface area contributed by atoms with Crippen LogP contribution in [-0.4, -0.2) is 55.6 Å². The van der Waals surface area contributed by atoms with Crippen LogP contribution in [0.1, 0.15) is 52.0 Å². The van der Waals surface area contributed by atoms with E-state index in [0.717, 1.165) is 41.5 Å². The largest absolute Gasteiger partial charge is 0.492 e. The molecule has 4 rings (SSSR count). The minimum absolute atomic E-state index is 0.0350. The Balaban J connectivity index is 1.38. The molecule has 202 valence electrons. The second-order valence-corrected chi connectivity index (χ2v) is 11.5. The average molecular weight is 559 g/mol. The van der Waals surface area contributed by atoms with Gasteiger partial charge in [0.15, 0.2) is 11.4 Å². The summed E-state index contributed by atoms with van der Waals surface area (Å²) in [6.07, 6.45) is 7.01. The van der Waals surface area contributed by atoms with Crippen LogP contribution in [0.25, 0.3) is 12.2 Å². The fourth-order valence-corrected chi connectivity index (χ4v) is 5.86. The smallest absolute Gasteiger partial charge is 0.340 e. The zero-order valence-corrected chi connectivity index (χ0v) is 22.6. The van der Waals surface area contributed by atoms with Gasteiger partial charge < -0.3 is 19.8 Å². The van der Waals surface area contributed by atoms with Gasteiger partial charge in [0.1, 0.15) is 11.3 Å². The number of rotatable bonds is 11. The number of aliphatic hydroxyl groups is 1. The van der Waals surface area contributed by atoms with Crippen LogP contribution < -0.4 is 9.64 Å². The highest BCUT2D eigenvalue weighted by molar-refractivity contribution is 7.86. The minimum Gasteiger partial charge on any atom is -0.492 e. The summed E-state index contributed by atoms with van der Waals surface area (Å²) in [4.78, 5) is 19.7. The molecule has 1 fully saturated rings. The van der Waals surface area contributed by atoms with Crippen LogP contribution >= 0.6 is 11.3 Å². The van der Waals surface area contributed by atoms with Crippen LogP contribution in [0.3, 0.4) is 0 Å². The molecule has 0 aliphatic carbocycles. The Morgan fingerprint density at radius 2 is 1.87 bits per heavy atom. The predicted molar refractivity (Wildman–Crippen MR) is 146 cm³/mol. The number of ether oxygens (including phenoxy) is 1. The number of carboxylic acid groups (broad SMARTS) is 1. The summed E-state index contributed by atoms with van der Waals surface area (Å²) in [6.45, 7) is 3.66. The van der Waals surface area contributed by atoms with Gasteiger partial charge in [-0.05, 0) is 56.0 Å². The number of benzene rings is 2. The van der Waals surface area contributed by atoms with E-state index in [1.807, 2.05) is 13.0 Å². The maximum absolute atomic E-state index is 12.3. The molecule has 1 aliphatic rings. The number of hydrogen-bond donors (Lipinski definition) is 2. The first-order valence-corrected chi connectivity index (χ1v) is 14.5. The topological polar surface area (TPSA) is 126 Å². The molecule has 1 unspecified atom stereocenters. The van der Waals surface area contributed by atoms with Crippen LogP contribution in [0.5, 0.6) is 5.75 Å². The van der Waals surface area contributed by atoms with Crippen molar-refractivity contribution in [3.05, 3.63) is 70.2 Å². The minimum atomic E-state index is -4.15. The number of aryl methyl sites for hydroxylation is 1. The lowest BCUT2D eigenvalue weighted by atomic mass is 10.1. The number of aromatic nitrogens is 1. The van der Waals surface area contributed by atoms with Gasteiger partial charge in [0.05, 0.1) is 11.5 Å². The zero-order valence-electron chi connectivity index (χ0n) is 20.9. The molecule has 1 saturated heterocycles. The number of piperidine rings is 1. The van der Waals surface area contributed by atoms with Crippen molar-refractivity contribution < 1.29 is 32.3 Å². The predicted octanol–water partition coefficient (Wildman–Crippen LogP) is 4.80. The fourth-order valence-electron chi connectivity index (χ4n) is 4.02. The maximum Gasteiger partial charge on any atom is 0.340 e. The number of aromatic carboxylic acids is 1. The molecule has 0 spiro atoms. The maximum atomic E-state index is 12.3. The third-order valence-corrected chi connectivity index (χ3v) is 8.36. The number of hydrogen-bond acceptors (Lipinski definition) is 9. The van der Waals surface area contributed by atoms with Crippen molar-refractivity contribution in [3.63, 3.8) is 0 Å². The van der Waals surface area contributed by atoms with Crippen molar-refractivity contribution in [3.8, 4) is 5.75 Å². The van der Waals surface area contributed by atoms with E-state index < -0.39 is 22.4 Å². The summed E-state index contributed by atoms with van der Waals surface area (Å²) in [7, 11) is -4.15. The molecular formula is C27H30N2O7S2. The van der Waals surface area contributed by atoms with E-state index in [4.69, 9.17) is 8.92 Å². The summed E-state index contributed by atoms with van der Waals surface area (Å²) >= 11 is 1.56. The Bertz CT molecular complexity index is 1380. The van der Waals surface area contributed by atoms with E-state index in [1.54, 1.807) is 47.9 Å². The molecule has 0 amide bonds. The molecule has 1 aromatic heterocycles. The van der Waals surface area contributed by atoms with E-state index in [1.165, 1.54) is 24.6 Å². The van der Waals surface area contributed by atoms with Crippen molar-refractivity contribution in [1.29, 1.82) is 0 Å². The zero-order chi connectivity index (χ0) is 27.1. The molecule has 2 N–H and O–H groups in total. The lowest BCUT2D eigenvalue weighted by Gasteiger charge is -2.25. The molecule has 0 radical (unpaired) electrons. The van der Waals surface area contributed by atoms with Crippen molar-refractivity contribution in [2.45, 2.75) is 43.8 Å². The number of nitrogens with zero attached hydrogens (tertiary/aromatic N) is 2. The van der Waals surface area contributed by atoms with Crippen molar-refractivity contribution in [2.75, 3.05) is 24.6 Å². The van der Waals surface area contributed by atoms with Crippen molar-refractivity contribution in [2.24, 2.45) is 0 Å². The van der Waals surface area contributed by atoms with Crippen molar-refractivity contribution >= 4 is 44.7 Å². The number of anilines is 1. The van der Waals surface area contributed by atoms with Gasteiger partial charge in [0, 0.05) is 30.6 Å². The number of aliphatic hydroxyl groups excluding tert-OH is 1. The van der Waals surface area contributed by atoms with Gasteiger partial charge in [0.2, 0.25) is 0 Å². The third kappa shape index (κ3) is 7.19. The second-order valence-electron chi connectivity index (χ2n) is 8.91. The number of carboxylic acids is 1. The molecule has 11 heteroatoms. The summed E-state index contributed by atoms with van der Waals surface area (Å²) in [5.41, 5.74) is 1.30. The average Bonchev–Trinajstić information content (AvgIpc) is 3.37. The Labute approximate surface area is 226 Å². The standard InChI is InChI=1S/C27H30N2O7S2/c1-19-8-12-22(13-9-19)38(33,34)36-24(30)14-17-35-23-7-5-6-20(25(23)26(31)32)10-11-21-18-28-27(37-21)29-15-3-2-4-16-29/h5-13,18,24,30H,2-4,14-17H2,1H3,(H,31,32)/b11-10+. The van der Waals surface area contributed by atoms with E-state index in [-0.39, 0.29) is 29.2 Å². The molecule has 1 atom stereocenters. The summed E-state index contributed by atoms with van der Waals surface area (Å²) < 4.78 is 35.1. The molecule has 9 nitrogen and oxygen atoms in total. The Kier molecular flexibility index (Phi) is 9.16. The highest BCUT2D eigenvalue weighted by Gasteiger charge is 2.21. The summed E-state index contributed by atoms with van der Waals surface area (Å²) in [5, 5.41) is 20.9. The molecule has 38 heavy (non-hydrogen) atoms. The van der Waals surface area contributed by atoms with Gasteiger partial charge in [-0.15, -0.1) is 0 Å². The van der Waals surface area contributed by atoms with Crippen LogP contribution in [0.4, 0.5) is 5.13 Å². The molecule has 1 aliphatic heterocycles. The van der Waals surface area contributed by atoms with Crippen LogP contribution in [0, 0.1) is 6.92 Å². The van der Waals surface area contributed by atoms with E-state index in [2.05, 4.69) is 9.88 Å². The molecule has 3 aromatic rings. The number of thiazole rings is 1. The van der Waals surface area contributed by atoms with Crippen molar-refractivity contribution in [1.82, 2.24) is 4.98 Å². The van der Waals surface area contributed by atoms with Gasteiger partial charge in [-0.3, -0.25) is 0 Å². The summed E-state index contributed by atoms with van der Waals surface area (Å²) in [5.74, 6) is -1.07. The Hall–Kier alpha value is -3.25. The Morgan fingerprint density at radius 1 is 1.13 bits per heavy atom. The third-order valence-electron chi connectivity index (χ3n) is 6.01. The summed E-state index contributed by atoms with van der Waals surface area (Å²) in [6, 6.07) is 10.9. The van der Waals surface area contributed by atoms with Gasteiger partial charge in [-0.2, -0.15) is 8.42 Å². The number of carbonyl (C=O) groups is 1. The second kappa shape index (κ2) is 12.5. The molecular weight excluding hydrogens is 528 g/mol. The quantitative estimate of drug-likeness (QED) is 0.252. The van der Waals surface area contributed by atoms with E-state index in [9.17, 15) is 23.4 Å². The molecule has 0 saturated carbocycles. The van der Waals surface area contributed by atoms with Crippen LogP contribution in [0.2, 0.25) is 0 Å². The van der Waals surface area contributed by atoms with Crippen LogP contribution in [0.15, 0.2) is 53.6 Å². The first kappa shape index (κ1) is 27.8. The van der Waals surface area contributed by atoms with Crippen LogP contribution in [-0.2, 0) is 14.3 Å². The lowest BCUT2D eigenvalue weighted by molar-refractivity contribution is -0.0256. The Morgan fingerprint density at radius 3 is 2.58 bits per heavy atom. The highest BCUT2D eigenvalue weighted by Crippen LogP contribution is 2.29. The lowest BCUT2D eigenvalue weighted by Crippen LogP contribution is -2.29. The van der Waals surface area contributed by atoms with Gasteiger partial charge in [-0.1, -0.05) is 47.2 Å². The molecule has 2 heterocycles. The normalized spacial score (nSPS) is 15.1. The van der Waals surface area contributed by atoms with Gasteiger partial charge >= 0.3 is 5.97 Å².